The molecule has 4 nitrogen and oxygen atoms in total. The number of pyridine rings is 1. The summed E-state index contributed by atoms with van der Waals surface area (Å²) in [4.78, 5) is 3.92. The fraction of sp³-hybridized carbons (Fsp3) is 0.667. The van der Waals surface area contributed by atoms with Crippen LogP contribution in [0.5, 0.6) is 5.88 Å². The van der Waals surface area contributed by atoms with E-state index in [1.165, 1.54) is 0 Å². The molecule has 0 amide bonds. The van der Waals surface area contributed by atoms with E-state index in [1.54, 1.807) is 12.3 Å². The van der Waals surface area contributed by atoms with Crippen LogP contribution >= 0.6 is 0 Å². The van der Waals surface area contributed by atoms with Crippen molar-refractivity contribution in [1.82, 2.24) is 10.3 Å². The van der Waals surface area contributed by atoms with Crippen molar-refractivity contribution < 1.29 is 13.9 Å². The molecule has 0 unspecified atom stereocenters. The predicted octanol–water partition coefficient (Wildman–Crippen LogP) is 2.77. The van der Waals surface area contributed by atoms with E-state index < -0.39 is 5.82 Å². The lowest BCUT2D eigenvalue weighted by atomic mass is 10.2. The van der Waals surface area contributed by atoms with Crippen LogP contribution in [-0.4, -0.2) is 30.8 Å². The van der Waals surface area contributed by atoms with Crippen molar-refractivity contribution >= 4 is 0 Å². The molecule has 20 heavy (non-hydrogen) atoms. The molecule has 0 saturated carbocycles. The number of nitrogens with zero attached hydrogens (tertiary/aromatic N) is 1. The summed E-state index contributed by atoms with van der Waals surface area (Å²) in [7, 11) is 0. The normalized spacial score (nSPS) is 11.3. The Balaban J connectivity index is 2.43. The topological polar surface area (TPSA) is 43.4 Å². The molecule has 5 heteroatoms. The van der Waals surface area contributed by atoms with Gasteiger partial charge >= 0.3 is 0 Å². The van der Waals surface area contributed by atoms with E-state index in [0.717, 1.165) is 0 Å². The van der Waals surface area contributed by atoms with E-state index in [0.29, 0.717) is 43.9 Å². The Morgan fingerprint density at radius 3 is 2.65 bits per heavy atom. The van der Waals surface area contributed by atoms with Crippen molar-refractivity contribution in [2.24, 2.45) is 5.92 Å². The van der Waals surface area contributed by atoms with Crippen LogP contribution in [0.15, 0.2) is 12.3 Å². The van der Waals surface area contributed by atoms with E-state index in [1.807, 2.05) is 13.8 Å². The SMILES string of the molecule is CC(C)COCCOc1nccc(CNC(C)C)c1F. The van der Waals surface area contributed by atoms with Crippen molar-refractivity contribution in [3.63, 3.8) is 0 Å². The molecule has 0 spiro atoms. The van der Waals surface area contributed by atoms with Gasteiger partial charge in [0.25, 0.3) is 5.88 Å². The Hall–Kier alpha value is -1.20. The average molecular weight is 284 g/mol. The van der Waals surface area contributed by atoms with Crippen molar-refractivity contribution in [1.29, 1.82) is 0 Å². The number of aromatic nitrogens is 1. The summed E-state index contributed by atoms with van der Waals surface area (Å²) >= 11 is 0. The minimum atomic E-state index is -0.399. The highest BCUT2D eigenvalue weighted by molar-refractivity contribution is 5.23. The van der Waals surface area contributed by atoms with Crippen molar-refractivity contribution in [2.75, 3.05) is 19.8 Å². The van der Waals surface area contributed by atoms with Crippen LogP contribution in [0.4, 0.5) is 4.39 Å². The van der Waals surface area contributed by atoms with Crippen LogP contribution in [0.2, 0.25) is 0 Å². The number of ether oxygens (including phenoxy) is 2. The Kier molecular flexibility index (Phi) is 7.47. The number of nitrogens with one attached hydrogen (secondary N) is 1. The maximum Gasteiger partial charge on any atom is 0.250 e. The zero-order chi connectivity index (χ0) is 15.0. The number of hydrogen-bond donors (Lipinski definition) is 1. The first-order chi connectivity index (χ1) is 9.50. The van der Waals surface area contributed by atoms with Crippen molar-refractivity contribution in [3.05, 3.63) is 23.6 Å². The van der Waals surface area contributed by atoms with Crippen LogP contribution in [0.3, 0.4) is 0 Å². The Morgan fingerprint density at radius 2 is 2.00 bits per heavy atom. The van der Waals surface area contributed by atoms with Crippen LogP contribution in [0.25, 0.3) is 0 Å². The van der Waals surface area contributed by atoms with E-state index in [2.05, 4.69) is 24.1 Å². The van der Waals surface area contributed by atoms with Gasteiger partial charge in [-0.2, -0.15) is 0 Å². The standard InChI is InChI=1S/C15H25FN2O2/c1-11(2)10-19-7-8-20-15-14(16)13(5-6-17-15)9-18-12(3)4/h5-6,11-12,18H,7-10H2,1-4H3. The van der Waals surface area contributed by atoms with Gasteiger partial charge in [0.05, 0.1) is 6.61 Å². The fourth-order valence-electron chi connectivity index (χ4n) is 1.53. The molecule has 1 rings (SSSR count). The van der Waals surface area contributed by atoms with Crippen LogP contribution < -0.4 is 10.1 Å². The van der Waals surface area contributed by atoms with E-state index >= 15 is 0 Å². The molecular weight excluding hydrogens is 259 g/mol. The Morgan fingerprint density at radius 1 is 1.25 bits per heavy atom. The molecule has 114 valence electrons. The van der Waals surface area contributed by atoms with Gasteiger partial charge in [-0.3, -0.25) is 0 Å². The second-order valence-corrected chi connectivity index (χ2v) is 5.44. The van der Waals surface area contributed by atoms with Crippen LogP contribution in [-0.2, 0) is 11.3 Å². The summed E-state index contributed by atoms with van der Waals surface area (Å²) < 4.78 is 24.8. The number of halogens is 1. The van der Waals surface area contributed by atoms with Gasteiger partial charge < -0.3 is 14.8 Å². The zero-order valence-corrected chi connectivity index (χ0v) is 12.8. The molecule has 0 atom stereocenters. The lowest BCUT2D eigenvalue weighted by Crippen LogP contribution is -2.22. The number of hydrogen-bond acceptors (Lipinski definition) is 4. The van der Waals surface area contributed by atoms with Gasteiger partial charge in [-0.05, 0) is 12.0 Å². The van der Waals surface area contributed by atoms with Gasteiger partial charge in [0.1, 0.15) is 6.61 Å². The molecule has 1 aromatic heterocycles. The molecule has 1 heterocycles. The highest BCUT2D eigenvalue weighted by Crippen LogP contribution is 2.17. The molecule has 0 radical (unpaired) electrons. The van der Waals surface area contributed by atoms with Crippen molar-refractivity contribution in [2.45, 2.75) is 40.3 Å². The van der Waals surface area contributed by atoms with E-state index in [-0.39, 0.29) is 5.88 Å². The molecular formula is C15H25FN2O2. The van der Waals surface area contributed by atoms with Gasteiger partial charge in [0.15, 0.2) is 5.82 Å². The van der Waals surface area contributed by atoms with Gasteiger partial charge in [0, 0.05) is 31.0 Å². The average Bonchev–Trinajstić information content (AvgIpc) is 2.38. The molecule has 0 aliphatic rings. The third kappa shape index (κ3) is 6.30. The predicted molar refractivity (Wildman–Crippen MR) is 77.3 cm³/mol. The smallest absolute Gasteiger partial charge is 0.250 e. The maximum atomic E-state index is 14.1. The molecule has 0 bridgehead atoms. The minimum Gasteiger partial charge on any atom is -0.473 e. The second-order valence-electron chi connectivity index (χ2n) is 5.44. The first-order valence-electron chi connectivity index (χ1n) is 7.08. The highest BCUT2D eigenvalue weighted by atomic mass is 19.1. The van der Waals surface area contributed by atoms with Crippen LogP contribution in [0, 0.1) is 11.7 Å². The second kappa shape index (κ2) is 8.87. The lowest BCUT2D eigenvalue weighted by Gasteiger charge is -2.12. The largest absolute Gasteiger partial charge is 0.473 e. The quantitative estimate of drug-likeness (QED) is 0.708. The third-order valence-corrected chi connectivity index (χ3v) is 2.56. The highest BCUT2D eigenvalue weighted by Gasteiger charge is 2.11. The summed E-state index contributed by atoms with van der Waals surface area (Å²) in [6, 6.07) is 1.96. The molecule has 0 saturated heterocycles. The summed E-state index contributed by atoms with van der Waals surface area (Å²) in [5, 5.41) is 3.17. The summed E-state index contributed by atoms with van der Waals surface area (Å²) in [5.74, 6) is 0.126. The fourth-order valence-corrected chi connectivity index (χ4v) is 1.53. The lowest BCUT2D eigenvalue weighted by molar-refractivity contribution is 0.0793. The Bertz CT molecular complexity index is 397. The first kappa shape index (κ1) is 16.9. The minimum absolute atomic E-state index is 0.0428. The monoisotopic (exact) mass is 284 g/mol. The maximum absolute atomic E-state index is 14.1. The molecule has 0 aliphatic heterocycles. The van der Waals surface area contributed by atoms with Crippen LogP contribution in [0.1, 0.15) is 33.3 Å². The Labute approximate surface area is 120 Å². The number of rotatable bonds is 9. The van der Waals surface area contributed by atoms with Crippen molar-refractivity contribution in [3.8, 4) is 5.88 Å². The summed E-state index contributed by atoms with van der Waals surface area (Å²) in [6.45, 7) is 10.1. The van der Waals surface area contributed by atoms with Gasteiger partial charge in [-0.25, -0.2) is 9.37 Å². The van der Waals surface area contributed by atoms with E-state index in [4.69, 9.17) is 9.47 Å². The first-order valence-corrected chi connectivity index (χ1v) is 7.08. The molecule has 0 aromatic carbocycles. The molecule has 0 aliphatic carbocycles. The molecule has 1 N–H and O–H groups in total. The van der Waals surface area contributed by atoms with Gasteiger partial charge in [-0.1, -0.05) is 27.7 Å². The summed E-state index contributed by atoms with van der Waals surface area (Å²) in [6.07, 6.45) is 1.56. The molecule has 1 aromatic rings. The van der Waals surface area contributed by atoms with Gasteiger partial charge in [-0.15, -0.1) is 0 Å². The van der Waals surface area contributed by atoms with E-state index in [9.17, 15) is 4.39 Å². The molecule has 0 fully saturated rings. The summed E-state index contributed by atoms with van der Waals surface area (Å²) in [5.41, 5.74) is 0.562. The van der Waals surface area contributed by atoms with Gasteiger partial charge in [0.2, 0.25) is 0 Å². The third-order valence-electron chi connectivity index (χ3n) is 2.56. The zero-order valence-electron chi connectivity index (χ0n) is 12.8.